The molecular formula is C19H20F3N3O2. The van der Waals surface area contributed by atoms with Crippen LogP contribution in [0.25, 0.3) is 0 Å². The van der Waals surface area contributed by atoms with Gasteiger partial charge in [0, 0.05) is 31.0 Å². The average Bonchev–Trinajstić information content (AvgIpc) is 3.40. The number of carbonyl (C=O) groups excluding carboxylic acids is 1. The Labute approximate surface area is 154 Å². The lowest BCUT2D eigenvalue weighted by Crippen LogP contribution is -2.40. The number of amides is 1. The van der Waals surface area contributed by atoms with Crippen LogP contribution in [0.2, 0.25) is 0 Å². The SMILES string of the molecule is O=C(c1cccc(C(F)(F)F)c1)N1CCC[C@@H](Cc2nc(C3CC3)no2)C1. The zero-order valence-electron chi connectivity index (χ0n) is 14.7. The first-order valence-corrected chi connectivity index (χ1v) is 9.19. The van der Waals surface area contributed by atoms with Gasteiger partial charge in [0.15, 0.2) is 5.82 Å². The minimum Gasteiger partial charge on any atom is -0.339 e. The van der Waals surface area contributed by atoms with Gasteiger partial charge in [-0.1, -0.05) is 11.2 Å². The van der Waals surface area contributed by atoms with E-state index in [4.69, 9.17) is 4.52 Å². The molecule has 0 radical (unpaired) electrons. The monoisotopic (exact) mass is 379 g/mol. The molecule has 1 aromatic heterocycles. The molecular weight excluding hydrogens is 359 g/mol. The van der Waals surface area contributed by atoms with Gasteiger partial charge < -0.3 is 9.42 Å². The Morgan fingerprint density at radius 2 is 2.07 bits per heavy atom. The predicted octanol–water partition coefficient (Wildman–Crippen LogP) is 4.06. The lowest BCUT2D eigenvalue weighted by Gasteiger charge is -2.32. The van der Waals surface area contributed by atoms with Crippen LogP contribution < -0.4 is 0 Å². The van der Waals surface area contributed by atoms with E-state index in [-0.39, 0.29) is 17.4 Å². The minimum atomic E-state index is -4.46. The molecule has 0 N–H and O–H groups in total. The van der Waals surface area contributed by atoms with Crippen molar-refractivity contribution in [1.29, 1.82) is 0 Å². The van der Waals surface area contributed by atoms with Gasteiger partial charge in [-0.25, -0.2) is 0 Å². The number of halogens is 3. The van der Waals surface area contributed by atoms with Crippen molar-refractivity contribution >= 4 is 5.91 Å². The molecule has 4 rings (SSSR count). The molecule has 2 fully saturated rings. The van der Waals surface area contributed by atoms with Crippen LogP contribution in [0.4, 0.5) is 13.2 Å². The molecule has 2 aliphatic rings. The molecule has 144 valence electrons. The van der Waals surface area contributed by atoms with Crippen LogP contribution in [0.15, 0.2) is 28.8 Å². The maximum absolute atomic E-state index is 12.9. The lowest BCUT2D eigenvalue weighted by molar-refractivity contribution is -0.137. The summed E-state index contributed by atoms with van der Waals surface area (Å²) in [6.07, 6.45) is 0.0554. The van der Waals surface area contributed by atoms with Crippen LogP contribution in [0.3, 0.4) is 0 Å². The Morgan fingerprint density at radius 3 is 2.81 bits per heavy atom. The molecule has 1 atom stereocenters. The third-order valence-electron chi connectivity index (χ3n) is 5.13. The van der Waals surface area contributed by atoms with E-state index in [1.54, 1.807) is 4.90 Å². The molecule has 1 aliphatic carbocycles. The standard InChI is InChI=1S/C19H20F3N3O2/c20-19(21,22)15-5-1-4-14(10-15)18(26)25-8-2-3-12(11-25)9-16-23-17(24-27-16)13-6-7-13/h1,4-5,10,12-13H,2-3,6-9,11H2/t12-/m0/s1. The third kappa shape index (κ3) is 4.14. The number of nitrogens with zero attached hydrogens (tertiary/aromatic N) is 3. The highest BCUT2D eigenvalue weighted by Gasteiger charge is 2.33. The van der Waals surface area contributed by atoms with Crippen molar-refractivity contribution in [3.8, 4) is 0 Å². The molecule has 0 spiro atoms. The van der Waals surface area contributed by atoms with Gasteiger partial charge in [-0.2, -0.15) is 18.2 Å². The molecule has 0 bridgehead atoms. The fourth-order valence-electron chi connectivity index (χ4n) is 3.53. The van der Waals surface area contributed by atoms with Gasteiger partial charge in [0.2, 0.25) is 5.89 Å². The van der Waals surface area contributed by atoms with Crippen LogP contribution >= 0.6 is 0 Å². The zero-order chi connectivity index (χ0) is 19.0. The second-order valence-electron chi connectivity index (χ2n) is 7.36. The Kier molecular flexibility index (Phi) is 4.65. The van der Waals surface area contributed by atoms with Gasteiger partial charge in [0.05, 0.1) is 5.56 Å². The highest BCUT2D eigenvalue weighted by atomic mass is 19.4. The van der Waals surface area contributed by atoms with Gasteiger partial charge in [0.25, 0.3) is 5.91 Å². The van der Waals surface area contributed by atoms with Crippen molar-refractivity contribution in [2.75, 3.05) is 13.1 Å². The number of piperidine rings is 1. The Hall–Kier alpha value is -2.38. The van der Waals surface area contributed by atoms with Crippen LogP contribution in [0.5, 0.6) is 0 Å². The normalized spacial score (nSPS) is 20.7. The van der Waals surface area contributed by atoms with Crippen molar-refractivity contribution in [2.45, 2.75) is 44.2 Å². The molecule has 1 amide bonds. The number of hydrogen-bond acceptors (Lipinski definition) is 4. The van der Waals surface area contributed by atoms with E-state index in [0.717, 1.165) is 43.6 Å². The molecule has 1 saturated carbocycles. The quantitative estimate of drug-likeness (QED) is 0.804. The van der Waals surface area contributed by atoms with E-state index < -0.39 is 11.7 Å². The summed E-state index contributed by atoms with van der Waals surface area (Å²) in [7, 11) is 0. The summed E-state index contributed by atoms with van der Waals surface area (Å²) >= 11 is 0. The number of benzene rings is 1. The van der Waals surface area contributed by atoms with Crippen LogP contribution in [0, 0.1) is 5.92 Å². The van der Waals surface area contributed by atoms with Gasteiger partial charge in [0.1, 0.15) is 0 Å². The highest BCUT2D eigenvalue weighted by Crippen LogP contribution is 2.38. The molecule has 5 nitrogen and oxygen atoms in total. The largest absolute Gasteiger partial charge is 0.416 e. The predicted molar refractivity (Wildman–Crippen MR) is 90.0 cm³/mol. The van der Waals surface area contributed by atoms with E-state index >= 15 is 0 Å². The van der Waals surface area contributed by atoms with E-state index in [1.807, 2.05) is 0 Å². The topological polar surface area (TPSA) is 59.2 Å². The summed E-state index contributed by atoms with van der Waals surface area (Å²) in [5.74, 6) is 1.57. The maximum Gasteiger partial charge on any atom is 0.416 e. The summed E-state index contributed by atoms with van der Waals surface area (Å²) in [6.45, 7) is 1.03. The van der Waals surface area contributed by atoms with Crippen molar-refractivity contribution in [3.63, 3.8) is 0 Å². The maximum atomic E-state index is 12.9. The second-order valence-corrected chi connectivity index (χ2v) is 7.36. The first kappa shape index (κ1) is 18.0. The molecule has 27 heavy (non-hydrogen) atoms. The molecule has 1 aliphatic heterocycles. The Balaban J connectivity index is 1.42. The molecule has 2 aromatic rings. The number of likely N-dealkylation sites (tertiary alicyclic amines) is 1. The second kappa shape index (κ2) is 6.98. The van der Waals surface area contributed by atoms with Gasteiger partial charge in [-0.3, -0.25) is 4.79 Å². The van der Waals surface area contributed by atoms with Crippen LogP contribution in [0.1, 0.15) is 59.2 Å². The fourth-order valence-corrected chi connectivity index (χ4v) is 3.53. The minimum absolute atomic E-state index is 0.0688. The van der Waals surface area contributed by atoms with Crippen molar-refractivity contribution in [2.24, 2.45) is 5.92 Å². The smallest absolute Gasteiger partial charge is 0.339 e. The molecule has 1 saturated heterocycles. The molecule has 0 unspecified atom stereocenters. The van der Waals surface area contributed by atoms with E-state index in [1.165, 1.54) is 12.1 Å². The van der Waals surface area contributed by atoms with Gasteiger partial charge >= 0.3 is 6.18 Å². The van der Waals surface area contributed by atoms with Crippen molar-refractivity contribution in [3.05, 3.63) is 47.1 Å². The Bertz CT molecular complexity index is 830. The third-order valence-corrected chi connectivity index (χ3v) is 5.13. The van der Waals surface area contributed by atoms with Crippen molar-refractivity contribution < 1.29 is 22.5 Å². The summed E-state index contributed by atoms with van der Waals surface area (Å²) < 4.78 is 44.0. The summed E-state index contributed by atoms with van der Waals surface area (Å²) in [5.41, 5.74) is -0.736. The van der Waals surface area contributed by atoms with Crippen LogP contribution in [-0.4, -0.2) is 34.0 Å². The number of alkyl halides is 3. The highest BCUT2D eigenvalue weighted by molar-refractivity contribution is 5.94. The van der Waals surface area contributed by atoms with Gasteiger partial charge in [-0.15, -0.1) is 0 Å². The number of rotatable bonds is 4. The van der Waals surface area contributed by atoms with Gasteiger partial charge in [-0.05, 0) is 49.8 Å². The summed E-state index contributed by atoms with van der Waals surface area (Å²) in [5, 5.41) is 4.00. The van der Waals surface area contributed by atoms with Crippen LogP contribution in [-0.2, 0) is 12.6 Å². The average molecular weight is 379 g/mol. The van der Waals surface area contributed by atoms with E-state index in [9.17, 15) is 18.0 Å². The lowest BCUT2D eigenvalue weighted by atomic mass is 9.94. The molecule has 2 heterocycles. The molecule has 1 aromatic carbocycles. The molecule has 8 heteroatoms. The Morgan fingerprint density at radius 1 is 1.26 bits per heavy atom. The fraction of sp³-hybridized carbons (Fsp3) is 0.526. The van der Waals surface area contributed by atoms with E-state index in [2.05, 4.69) is 10.1 Å². The number of aromatic nitrogens is 2. The first-order valence-electron chi connectivity index (χ1n) is 9.19. The number of hydrogen-bond donors (Lipinski definition) is 0. The number of carbonyl (C=O) groups is 1. The zero-order valence-corrected chi connectivity index (χ0v) is 14.7. The van der Waals surface area contributed by atoms with E-state index in [0.29, 0.717) is 31.3 Å². The summed E-state index contributed by atoms with van der Waals surface area (Å²) in [6, 6.07) is 4.60. The van der Waals surface area contributed by atoms with Crippen molar-refractivity contribution in [1.82, 2.24) is 15.0 Å². The first-order chi connectivity index (χ1) is 12.9. The summed E-state index contributed by atoms with van der Waals surface area (Å²) in [4.78, 5) is 18.7.